The Kier molecular flexibility index (Phi) is 4.63. The smallest absolute Gasteiger partial charge is 0.306 e. The van der Waals surface area contributed by atoms with Gasteiger partial charge in [-0.25, -0.2) is 0 Å². The number of halogens is 1. The van der Waals surface area contributed by atoms with Crippen LogP contribution < -0.4 is 5.73 Å². The summed E-state index contributed by atoms with van der Waals surface area (Å²) in [5.74, 6) is 1.62. The highest BCUT2D eigenvalue weighted by molar-refractivity contribution is 7.98. The molecule has 104 valence electrons. The van der Waals surface area contributed by atoms with Crippen LogP contribution in [0.5, 0.6) is 0 Å². The second-order valence-corrected chi connectivity index (χ2v) is 6.45. The van der Waals surface area contributed by atoms with Crippen molar-refractivity contribution < 1.29 is 9.53 Å². The van der Waals surface area contributed by atoms with Crippen LogP contribution in [0.4, 0.5) is 5.69 Å². The molecule has 1 aromatic rings. The van der Waals surface area contributed by atoms with Crippen LogP contribution in [-0.4, -0.2) is 18.8 Å². The molecule has 1 aliphatic rings. The van der Waals surface area contributed by atoms with E-state index in [1.54, 1.807) is 11.8 Å². The third-order valence-corrected chi connectivity index (χ3v) is 5.18. The summed E-state index contributed by atoms with van der Waals surface area (Å²) in [7, 11) is 1.44. The number of rotatable bonds is 6. The molecule has 1 aliphatic carbocycles. The Bertz CT molecular complexity index is 454. The molecule has 1 fully saturated rings. The fourth-order valence-electron chi connectivity index (χ4n) is 2.02. The quantitative estimate of drug-likeness (QED) is 0.645. The Morgan fingerprint density at radius 1 is 1.53 bits per heavy atom. The van der Waals surface area contributed by atoms with E-state index >= 15 is 0 Å². The van der Waals surface area contributed by atoms with Crippen LogP contribution in [0, 0.1) is 5.41 Å². The molecule has 0 spiro atoms. The van der Waals surface area contributed by atoms with Crippen LogP contribution in [0.25, 0.3) is 0 Å². The number of benzene rings is 1. The number of hydrogen-bond acceptors (Lipinski definition) is 4. The summed E-state index contributed by atoms with van der Waals surface area (Å²) in [4.78, 5) is 11.3. The van der Waals surface area contributed by atoms with Crippen LogP contribution >= 0.6 is 23.4 Å². The van der Waals surface area contributed by atoms with Crippen LogP contribution in [0.2, 0.25) is 5.02 Å². The summed E-state index contributed by atoms with van der Waals surface area (Å²) in [5.41, 5.74) is 7.79. The molecule has 2 N–H and O–H groups in total. The Balaban J connectivity index is 1.85. The van der Waals surface area contributed by atoms with Crippen LogP contribution in [0.15, 0.2) is 18.2 Å². The average Bonchev–Trinajstić information content (AvgIpc) is 3.13. The zero-order chi connectivity index (χ0) is 13.9. The molecule has 0 saturated heterocycles. The highest BCUT2D eigenvalue weighted by Crippen LogP contribution is 2.51. The normalized spacial score (nSPS) is 16.1. The first kappa shape index (κ1) is 14.5. The van der Waals surface area contributed by atoms with E-state index in [1.807, 2.05) is 18.2 Å². The van der Waals surface area contributed by atoms with E-state index in [2.05, 4.69) is 0 Å². The minimum Gasteiger partial charge on any atom is -0.469 e. The maximum absolute atomic E-state index is 11.3. The summed E-state index contributed by atoms with van der Waals surface area (Å²) in [6.45, 7) is 0. The van der Waals surface area contributed by atoms with E-state index in [4.69, 9.17) is 22.1 Å². The molecule has 0 unspecified atom stereocenters. The largest absolute Gasteiger partial charge is 0.469 e. The van der Waals surface area contributed by atoms with Gasteiger partial charge < -0.3 is 10.5 Å². The first-order valence-electron chi connectivity index (χ1n) is 6.24. The first-order valence-corrected chi connectivity index (χ1v) is 7.77. The number of thioether (sulfide) groups is 1. The first-order chi connectivity index (χ1) is 9.06. The lowest BCUT2D eigenvalue weighted by Crippen LogP contribution is -2.13. The molecule has 19 heavy (non-hydrogen) atoms. The molecule has 0 radical (unpaired) electrons. The summed E-state index contributed by atoms with van der Waals surface area (Å²) >= 11 is 7.92. The van der Waals surface area contributed by atoms with Gasteiger partial charge in [0.15, 0.2) is 0 Å². The zero-order valence-corrected chi connectivity index (χ0v) is 12.5. The number of carbonyl (C=O) groups is 1. The molecular weight excluding hydrogens is 282 g/mol. The second kappa shape index (κ2) is 6.06. The number of nitrogen functional groups attached to an aromatic ring is 1. The van der Waals surface area contributed by atoms with Crippen molar-refractivity contribution in [3.63, 3.8) is 0 Å². The fraction of sp³-hybridized carbons (Fsp3) is 0.500. The van der Waals surface area contributed by atoms with E-state index in [0.717, 1.165) is 35.6 Å². The van der Waals surface area contributed by atoms with Crippen molar-refractivity contribution in [3.8, 4) is 0 Å². The van der Waals surface area contributed by atoms with Crippen molar-refractivity contribution in [2.45, 2.75) is 25.0 Å². The Labute approximate surface area is 122 Å². The van der Waals surface area contributed by atoms with Gasteiger partial charge in [0.1, 0.15) is 0 Å². The van der Waals surface area contributed by atoms with E-state index in [1.165, 1.54) is 7.11 Å². The number of carbonyl (C=O) groups excluding carboxylic acids is 1. The molecule has 0 aliphatic heterocycles. The molecule has 5 heteroatoms. The number of methoxy groups -OCH3 is 1. The van der Waals surface area contributed by atoms with Gasteiger partial charge >= 0.3 is 5.97 Å². The SMILES string of the molecule is COC(=O)CC1(CSCc2c(N)cccc2Cl)CC1. The van der Waals surface area contributed by atoms with Gasteiger partial charge in [-0.05, 0) is 36.1 Å². The molecule has 0 atom stereocenters. The molecule has 1 saturated carbocycles. The molecule has 3 nitrogen and oxygen atoms in total. The molecule has 0 heterocycles. The van der Waals surface area contributed by atoms with Crippen molar-refractivity contribution in [1.29, 1.82) is 0 Å². The lowest BCUT2D eigenvalue weighted by molar-refractivity contribution is -0.141. The Morgan fingerprint density at radius 3 is 2.84 bits per heavy atom. The van der Waals surface area contributed by atoms with Crippen molar-refractivity contribution >= 4 is 35.0 Å². The van der Waals surface area contributed by atoms with Crippen LogP contribution in [-0.2, 0) is 15.3 Å². The van der Waals surface area contributed by atoms with Gasteiger partial charge in [-0.15, -0.1) is 0 Å². The predicted octanol–water partition coefficient (Wildman–Crippen LogP) is 3.50. The van der Waals surface area contributed by atoms with Gasteiger partial charge in [0.05, 0.1) is 13.5 Å². The number of hydrogen-bond donors (Lipinski definition) is 1. The third-order valence-electron chi connectivity index (χ3n) is 3.51. The second-order valence-electron chi connectivity index (χ2n) is 5.05. The fourth-order valence-corrected chi connectivity index (χ4v) is 3.80. The molecule has 0 amide bonds. The topological polar surface area (TPSA) is 52.3 Å². The van der Waals surface area contributed by atoms with E-state index in [0.29, 0.717) is 11.4 Å². The number of esters is 1. The van der Waals surface area contributed by atoms with Crippen LogP contribution in [0.3, 0.4) is 0 Å². The molecular formula is C14H18ClNO2S. The number of ether oxygens (including phenoxy) is 1. The molecule has 1 aromatic carbocycles. The maximum atomic E-state index is 11.3. The summed E-state index contributed by atoms with van der Waals surface area (Å²) in [5, 5.41) is 0.713. The Hall–Kier alpha value is -0.870. The highest BCUT2D eigenvalue weighted by atomic mass is 35.5. The van der Waals surface area contributed by atoms with Gasteiger partial charge in [0.25, 0.3) is 0 Å². The van der Waals surface area contributed by atoms with Crippen molar-refractivity contribution in [2.24, 2.45) is 5.41 Å². The van der Waals surface area contributed by atoms with Crippen LogP contribution in [0.1, 0.15) is 24.8 Å². The zero-order valence-electron chi connectivity index (χ0n) is 10.9. The van der Waals surface area contributed by atoms with Gasteiger partial charge in [-0.3, -0.25) is 4.79 Å². The van der Waals surface area contributed by atoms with Gasteiger partial charge in [0.2, 0.25) is 0 Å². The minimum atomic E-state index is -0.115. The predicted molar refractivity (Wildman–Crippen MR) is 80.3 cm³/mol. The van der Waals surface area contributed by atoms with Gasteiger partial charge in [-0.1, -0.05) is 17.7 Å². The standard InChI is InChI=1S/C14H18ClNO2S/c1-18-13(17)7-14(5-6-14)9-19-8-10-11(15)3-2-4-12(10)16/h2-4H,5-9,16H2,1H3. The van der Waals surface area contributed by atoms with E-state index < -0.39 is 0 Å². The van der Waals surface area contributed by atoms with E-state index in [9.17, 15) is 4.79 Å². The third kappa shape index (κ3) is 3.80. The molecule has 0 bridgehead atoms. The summed E-state index contributed by atoms with van der Waals surface area (Å²) < 4.78 is 4.74. The minimum absolute atomic E-state index is 0.115. The number of anilines is 1. The molecule has 2 rings (SSSR count). The lowest BCUT2D eigenvalue weighted by atomic mass is 10.1. The highest BCUT2D eigenvalue weighted by Gasteiger charge is 2.44. The van der Waals surface area contributed by atoms with Gasteiger partial charge in [-0.2, -0.15) is 11.8 Å². The number of nitrogens with two attached hydrogens (primary N) is 1. The van der Waals surface area contributed by atoms with E-state index in [-0.39, 0.29) is 11.4 Å². The average molecular weight is 300 g/mol. The summed E-state index contributed by atoms with van der Waals surface area (Å²) in [6.07, 6.45) is 2.73. The Morgan fingerprint density at radius 2 is 2.26 bits per heavy atom. The van der Waals surface area contributed by atoms with Crippen molar-refractivity contribution in [2.75, 3.05) is 18.6 Å². The summed E-state index contributed by atoms with van der Waals surface area (Å²) in [6, 6.07) is 5.57. The van der Waals surface area contributed by atoms with Crippen molar-refractivity contribution in [1.82, 2.24) is 0 Å². The van der Waals surface area contributed by atoms with Gasteiger partial charge in [0, 0.05) is 22.0 Å². The molecule has 0 aromatic heterocycles. The van der Waals surface area contributed by atoms with Crippen molar-refractivity contribution in [3.05, 3.63) is 28.8 Å². The lowest BCUT2D eigenvalue weighted by Gasteiger charge is -2.14. The monoisotopic (exact) mass is 299 g/mol. The maximum Gasteiger partial charge on any atom is 0.306 e.